The first-order valence-corrected chi connectivity index (χ1v) is 14.4. The number of rotatable bonds is 8. The Morgan fingerprint density at radius 1 is 1.05 bits per heavy atom. The van der Waals surface area contributed by atoms with Crippen LogP contribution in [0.3, 0.4) is 0 Å². The van der Waals surface area contributed by atoms with Gasteiger partial charge in [0.1, 0.15) is 0 Å². The molecule has 6 rings (SSSR count). The zero-order valence-electron chi connectivity index (χ0n) is 23.8. The lowest BCUT2D eigenvalue weighted by Gasteiger charge is -2.37. The van der Waals surface area contributed by atoms with Crippen LogP contribution in [0, 0.1) is 18.4 Å². The van der Waals surface area contributed by atoms with Gasteiger partial charge in [-0.1, -0.05) is 19.1 Å². The Bertz CT molecular complexity index is 1570. The van der Waals surface area contributed by atoms with Crippen LogP contribution >= 0.6 is 0 Å². The van der Waals surface area contributed by atoms with Crippen LogP contribution in [0.1, 0.15) is 87.8 Å². The Labute approximate surface area is 244 Å². The Kier molecular flexibility index (Phi) is 6.80. The summed E-state index contributed by atoms with van der Waals surface area (Å²) in [7, 11) is 1.80. The zero-order chi connectivity index (χ0) is 29.8. The van der Waals surface area contributed by atoms with Crippen LogP contribution < -0.4 is 11.5 Å². The van der Waals surface area contributed by atoms with Crippen molar-refractivity contribution in [3.8, 4) is 0 Å². The number of nitrogens with zero attached hydrogens (tertiary/aromatic N) is 6. The van der Waals surface area contributed by atoms with Gasteiger partial charge in [0, 0.05) is 37.1 Å². The molecule has 4 N–H and O–H groups in total. The molecule has 0 bridgehead atoms. The van der Waals surface area contributed by atoms with E-state index in [-0.39, 0.29) is 24.0 Å². The third kappa shape index (κ3) is 4.51. The first-order valence-electron chi connectivity index (χ1n) is 14.4. The summed E-state index contributed by atoms with van der Waals surface area (Å²) in [5.41, 5.74) is 15.1. The predicted octanol–water partition coefficient (Wildman–Crippen LogP) is 2.51. The molecule has 216 valence electrons. The van der Waals surface area contributed by atoms with Crippen molar-refractivity contribution in [2.24, 2.45) is 30.4 Å². The fraction of sp³-hybridized carbons (Fsp3) is 0.452. The normalized spacial score (nSPS) is 22.2. The minimum atomic E-state index is -0.845. The number of carbonyl (C=O) groups excluding carboxylic acids is 3. The molecule has 3 aromatic rings. The molecule has 1 saturated carbocycles. The molecule has 3 aliphatic rings. The highest BCUT2D eigenvalue weighted by molar-refractivity contribution is 5.94. The maximum absolute atomic E-state index is 13.3. The van der Waals surface area contributed by atoms with Crippen LogP contribution in [0.5, 0.6) is 0 Å². The molecule has 2 fully saturated rings. The Hall–Kier alpha value is -4.59. The molecular weight excluding hydrogens is 532 g/mol. The van der Waals surface area contributed by atoms with Crippen molar-refractivity contribution < 1.29 is 14.4 Å². The predicted molar refractivity (Wildman–Crippen MR) is 153 cm³/mol. The highest BCUT2D eigenvalue weighted by atomic mass is 16.2. The second kappa shape index (κ2) is 10.4. The van der Waals surface area contributed by atoms with Crippen LogP contribution in [0.25, 0.3) is 4.85 Å². The van der Waals surface area contributed by atoms with Crippen molar-refractivity contribution in [3.63, 3.8) is 0 Å². The van der Waals surface area contributed by atoms with Gasteiger partial charge in [-0.15, -0.1) is 5.10 Å². The van der Waals surface area contributed by atoms with Crippen molar-refractivity contribution in [1.29, 1.82) is 0 Å². The summed E-state index contributed by atoms with van der Waals surface area (Å²) < 4.78 is 1.67. The lowest BCUT2D eigenvalue weighted by molar-refractivity contribution is -0.132. The number of aromatic nitrogens is 4. The van der Waals surface area contributed by atoms with Crippen molar-refractivity contribution in [2.75, 3.05) is 0 Å². The monoisotopic (exact) mass is 566 g/mol. The molecule has 4 atom stereocenters. The van der Waals surface area contributed by atoms with Gasteiger partial charge in [-0.05, 0) is 101 Å². The first kappa shape index (κ1) is 27.6. The molecule has 42 heavy (non-hydrogen) atoms. The van der Waals surface area contributed by atoms with E-state index in [2.05, 4.69) is 27.3 Å². The molecule has 1 saturated heterocycles. The number of benzene rings is 2. The largest absolute Gasteiger partial charge is 0.366 e. The summed E-state index contributed by atoms with van der Waals surface area (Å²) in [6.07, 6.45) is 4.21. The summed E-state index contributed by atoms with van der Waals surface area (Å²) in [6, 6.07) is 11.3. The quantitative estimate of drug-likeness (QED) is 0.399. The first-order chi connectivity index (χ1) is 20.1. The summed E-state index contributed by atoms with van der Waals surface area (Å²) in [4.78, 5) is 43.1. The highest BCUT2D eigenvalue weighted by Gasteiger charge is 2.57. The Morgan fingerprint density at radius 3 is 2.19 bits per heavy atom. The van der Waals surface area contributed by atoms with E-state index in [1.807, 2.05) is 29.2 Å². The lowest BCUT2D eigenvalue weighted by Crippen LogP contribution is -2.38. The third-order valence-corrected chi connectivity index (χ3v) is 9.38. The molecule has 0 unspecified atom stereocenters. The summed E-state index contributed by atoms with van der Waals surface area (Å²) in [5.74, 6) is 0.168. The molecule has 3 amide bonds. The summed E-state index contributed by atoms with van der Waals surface area (Å²) in [5, 5.41) is 12.7. The van der Waals surface area contributed by atoms with Crippen LogP contribution in [-0.2, 0) is 30.1 Å². The molecule has 1 aromatic heterocycles. The maximum atomic E-state index is 13.3. The number of primary amides is 2. The average molecular weight is 567 g/mol. The molecule has 2 aliphatic carbocycles. The molecule has 0 radical (unpaired) electrons. The van der Waals surface area contributed by atoms with Crippen LogP contribution in [0.2, 0.25) is 0 Å². The summed E-state index contributed by atoms with van der Waals surface area (Å²) >= 11 is 0. The number of amides is 3. The Morgan fingerprint density at radius 2 is 1.67 bits per heavy atom. The minimum Gasteiger partial charge on any atom is -0.366 e. The number of nitrogens with two attached hydrogens (primary N) is 2. The summed E-state index contributed by atoms with van der Waals surface area (Å²) in [6.45, 7) is 9.66. The fourth-order valence-corrected chi connectivity index (χ4v) is 7.32. The van der Waals surface area contributed by atoms with Crippen LogP contribution in [0.15, 0.2) is 36.4 Å². The lowest BCUT2D eigenvalue weighted by atomic mass is 9.66. The van der Waals surface area contributed by atoms with Gasteiger partial charge in [0.05, 0.1) is 5.41 Å². The van der Waals surface area contributed by atoms with Crippen LogP contribution in [-0.4, -0.2) is 55.0 Å². The number of fused-ring (bicyclic) bond motifs is 3. The van der Waals surface area contributed by atoms with Gasteiger partial charge in [-0.25, -0.2) is 11.3 Å². The van der Waals surface area contributed by atoms with Crippen LogP contribution in [0.4, 0.5) is 0 Å². The second-order valence-electron chi connectivity index (χ2n) is 12.1. The van der Waals surface area contributed by atoms with Gasteiger partial charge in [0.15, 0.2) is 5.82 Å². The number of carbonyl (C=O) groups is 3. The van der Waals surface area contributed by atoms with Crippen molar-refractivity contribution in [3.05, 3.63) is 87.0 Å². The fourth-order valence-electron chi connectivity index (χ4n) is 7.32. The third-order valence-electron chi connectivity index (χ3n) is 9.38. The molecular formula is C31H34N8O3. The number of aryl methyl sites for hydroxylation is 3. The van der Waals surface area contributed by atoms with Crippen molar-refractivity contribution in [1.82, 2.24) is 25.1 Å². The van der Waals surface area contributed by atoms with Gasteiger partial charge < -0.3 is 11.5 Å². The van der Waals surface area contributed by atoms with E-state index < -0.39 is 17.2 Å². The maximum Gasteiger partial charge on any atom is 0.301 e. The average Bonchev–Trinajstić information content (AvgIpc) is 3.47. The number of likely N-dealkylation sites (tertiary alicyclic amines) is 1. The van der Waals surface area contributed by atoms with Crippen molar-refractivity contribution >= 4 is 17.7 Å². The van der Waals surface area contributed by atoms with Gasteiger partial charge in [0.2, 0.25) is 17.7 Å². The van der Waals surface area contributed by atoms with Gasteiger partial charge in [-0.3, -0.25) is 24.1 Å². The SMILES string of the molecule is [C-]#[N+][C@@H]1C[C@@H]2C[C@@H]2N1C(=O)CC[C@H](C)CC1(c2nnnn2C)c2ccc(C(N)=O)cc2CCc2cc(C(N)=O)ccc21. The zero-order valence-corrected chi connectivity index (χ0v) is 23.8. The number of hydrogen-bond acceptors (Lipinski definition) is 6. The molecule has 1 aliphatic heterocycles. The van der Waals surface area contributed by atoms with Gasteiger partial charge in [0.25, 0.3) is 0 Å². The van der Waals surface area contributed by atoms with Gasteiger partial charge >= 0.3 is 6.17 Å². The van der Waals surface area contributed by atoms with E-state index >= 15 is 0 Å². The Balaban J connectivity index is 1.43. The van der Waals surface area contributed by atoms with E-state index in [9.17, 15) is 14.4 Å². The van der Waals surface area contributed by atoms with E-state index in [1.54, 1.807) is 23.9 Å². The molecule has 2 heterocycles. The molecule has 11 nitrogen and oxygen atoms in total. The molecule has 0 spiro atoms. The topological polar surface area (TPSA) is 154 Å². The number of tetrazole rings is 1. The van der Waals surface area contributed by atoms with E-state index in [0.29, 0.717) is 55.0 Å². The standard InChI is InChI=1S/C31H34N8O3/c1-17(4-11-27(40)39-25-14-22(25)15-26(39)34-2)16-31(30-35-36-37-38(30)3)23-9-7-20(28(32)41)12-18(23)5-6-19-13-21(29(33)42)8-10-24(19)31/h7-10,12-13,17,22,25-26H,4-6,11,14-16H2,1,3H3,(H2,32,41)(H2,33,42)/t17-,22-,25-,26-/m0/s1. The number of hydrogen-bond donors (Lipinski definition) is 2. The molecule has 2 aromatic carbocycles. The van der Waals surface area contributed by atoms with E-state index in [1.165, 1.54) is 0 Å². The second-order valence-corrected chi connectivity index (χ2v) is 12.1. The van der Waals surface area contributed by atoms with Crippen molar-refractivity contribution in [2.45, 2.75) is 69.5 Å². The number of piperidine rings is 1. The minimum absolute atomic E-state index is 0.0417. The smallest absolute Gasteiger partial charge is 0.301 e. The van der Waals surface area contributed by atoms with Gasteiger partial charge in [-0.2, -0.15) is 0 Å². The molecule has 11 heteroatoms. The van der Waals surface area contributed by atoms with E-state index in [0.717, 1.165) is 35.1 Å². The van der Waals surface area contributed by atoms with E-state index in [4.69, 9.17) is 18.0 Å². The highest BCUT2D eigenvalue weighted by Crippen LogP contribution is 2.50.